The number of nitrogens with one attached hydrogen (secondary N) is 1. The van der Waals surface area contributed by atoms with E-state index in [4.69, 9.17) is 5.73 Å². The van der Waals surface area contributed by atoms with Crippen LogP contribution in [0.2, 0.25) is 0 Å². The second-order valence-electron chi connectivity index (χ2n) is 5.22. The van der Waals surface area contributed by atoms with Crippen LogP contribution in [-0.4, -0.2) is 24.7 Å². The fourth-order valence-corrected chi connectivity index (χ4v) is 2.59. The van der Waals surface area contributed by atoms with Crippen LogP contribution >= 0.6 is 0 Å². The van der Waals surface area contributed by atoms with Crippen LogP contribution in [0.25, 0.3) is 0 Å². The van der Waals surface area contributed by atoms with E-state index in [2.05, 4.69) is 30.0 Å². The highest BCUT2D eigenvalue weighted by Crippen LogP contribution is 2.30. The van der Waals surface area contributed by atoms with E-state index in [1.165, 1.54) is 37.0 Å². The van der Waals surface area contributed by atoms with Crippen molar-refractivity contribution in [3.05, 3.63) is 24.0 Å². The highest BCUT2D eigenvalue weighted by atomic mass is 15.2. The molecule has 0 radical (unpaired) electrons. The molecule has 90 valence electrons. The van der Waals surface area contributed by atoms with E-state index < -0.39 is 0 Å². The summed E-state index contributed by atoms with van der Waals surface area (Å²) in [7, 11) is 2.08. The van der Waals surface area contributed by atoms with Gasteiger partial charge in [0.2, 0.25) is 0 Å². The lowest BCUT2D eigenvalue weighted by molar-refractivity contribution is 0.325. The Bertz CT molecular complexity index is 288. The zero-order valence-electron chi connectivity index (χ0n) is 10.2. The third-order valence-corrected chi connectivity index (χ3v) is 3.68. The fourth-order valence-electron chi connectivity index (χ4n) is 2.59. The lowest BCUT2D eigenvalue weighted by Crippen LogP contribution is -2.27. The van der Waals surface area contributed by atoms with Gasteiger partial charge in [-0.1, -0.05) is 6.58 Å². The topological polar surface area (TPSA) is 41.3 Å². The predicted molar refractivity (Wildman–Crippen MR) is 67.5 cm³/mol. The van der Waals surface area contributed by atoms with Crippen LogP contribution in [0, 0.1) is 5.92 Å². The molecular formula is C13H23N3. The van der Waals surface area contributed by atoms with Gasteiger partial charge < -0.3 is 16.0 Å². The summed E-state index contributed by atoms with van der Waals surface area (Å²) in [6.45, 7) is 5.10. The van der Waals surface area contributed by atoms with Crippen molar-refractivity contribution < 1.29 is 0 Å². The molecule has 1 fully saturated rings. The quantitative estimate of drug-likeness (QED) is 0.763. The number of nitrogens with two attached hydrogens (primary N) is 1. The molecule has 0 saturated heterocycles. The van der Waals surface area contributed by atoms with Crippen LogP contribution < -0.4 is 11.1 Å². The van der Waals surface area contributed by atoms with E-state index in [0.717, 1.165) is 19.0 Å². The normalized spacial score (nSPS) is 29.9. The van der Waals surface area contributed by atoms with E-state index in [9.17, 15) is 0 Å². The van der Waals surface area contributed by atoms with E-state index >= 15 is 0 Å². The van der Waals surface area contributed by atoms with Crippen LogP contribution in [0.1, 0.15) is 32.1 Å². The highest BCUT2D eigenvalue weighted by Gasteiger charge is 2.20. The van der Waals surface area contributed by atoms with Gasteiger partial charge >= 0.3 is 0 Å². The smallest absolute Gasteiger partial charge is 0.0869 e. The molecule has 3 heteroatoms. The van der Waals surface area contributed by atoms with Crippen molar-refractivity contribution in [2.75, 3.05) is 13.7 Å². The van der Waals surface area contributed by atoms with Crippen LogP contribution in [0.3, 0.4) is 0 Å². The minimum atomic E-state index is 0.444. The molecule has 2 rings (SSSR count). The van der Waals surface area contributed by atoms with Crippen molar-refractivity contribution in [1.29, 1.82) is 0 Å². The number of allylic oxidation sites excluding steroid dienone is 1. The summed E-state index contributed by atoms with van der Waals surface area (Å²) in [4.78, 5) is 2.15. The van der Waals surface area contributed by atoms with Crippen LogP contribution in [0.4, 0.5) is 0 Å². The Morgan fingerprint density at radius 2 is 2.19 bits per heavy atom. The molecule has 2 aliphatic rings. The van der Waals surface area contributed by atoms with E-state index in [1.807, 2.05) is 0 Å². The van der Waals surface area contributed by atoms with E-state index in [1.54, 1.807) is 0 Å². The Morgan fingerprint density at radius 3 is 2.75 bits per heavy atom. The molecule has 1 aliphatic carbocycles. The SMILES string of the molecule is C=C(CC1CCC(N)CC1)C1=CN(C)CN1. The maximum absolute atomic E-state index is 5.92. The molecule has 0 atom stereocenters. The minimum Gasteiger partial charge on any atom is -0.366 e. The molecule has 1 heterocycles. The Hall–Kier alpha value is -0.960. The van der Waals surface area contributed by atoms with Crippen molar-refractivity contribution in [2.45, 2.75) is 38.1 Å². The first kappa shape index (κ1) is 11.5. The van der Waals surface area contributed by atoms with E-state index in [0.29, 0.717) is 6.04 Å². The maximum atomic E-state index is 5.92. The monoisotopic (exact) mass is 221 g/mol. The van der Waals surface area contributed by atoms with Gasteiger partial charge in [0.05, 0.1) is 12.4 Å². The molecule has 0 spiro atoms. The number of rotatable bonds is 3. The average molecular weight is 221 g/mol. The zero-order chi connectivity index (χ0) is 11.5. The summed E-state index contributed by atoms with van der Waals surface area (Å²) in [6.07, 6.45) is 8.18. The molecule has 16 heavy (non-hydrogen) atoms. The van der Waals surface area contributed by atoms with Crippen molar-refractivity contribution in [1.82, 2.24) is 10.2 Å². The molecule has 3 N–H and O–H groups in total. The molecule has 3 nitrogen and oxygen atoms in total. The van der Waals surface area contributed by atoms with Gasteiger partial charge in [0.15, 0.2) is 0 Å². The Kier molecular flexibility index (Phi) is 3.54. The van der Waals surface area contributed by atoms with Gasteiger partial charge in [-0.05, 0) is 43.6 Å². The second-order valence-corrected chi connectivity index (χ2v) is 5.22. The standard InChI is InChI=1S/C13H23N3/c1-10(13-8-16(2)9-15-13)7-11-3-5-12(14)6-4-11/h8,11-12,15H,1,3-7,9,14H2,2H3. The third kappa shape index (κ3) is 2.79. The van der Waals surface area contributed by atoms with Gasteiger partial charge in [-0.15, -0.1) is 0 Å². The zero-order valence-corrected chi connectivity index (χ0v) is 10.2. The molecule has 0 aromatic rings. The molecule has 0 amide bonds. The molecular weight excluding hydrogens is 198 g/mol. The van der Waals surface area contributed by atoms with Gasteiger partial charge in [-0.3, -0.25) is 0 Å². The molecule has 0 bridgehead atoms. The first-order valence-electron chi connectivity index (χ1n) is 6.25. The number of nitrogens with zero attached hydrogens (tertiary/aromatic N) is 1. The lowest BCUT2D eigenvalue weighted by Gasteiger charge is -2.26. The summed E-state index contributed by atoms with van der Waals surface area (Å²) in [6, 6.07) is 0.444. The van der Waals surface area contributed by atoms with Crippen molar-refractivity contribution >= 4 is 0 Å². The van der Waals surface area contributed by atoms with E-state index in [-0.39, 0.29) is 0 Å². The van der Waals surface area contributed by atoms with Gasteiger partial charge in [-0.25, -0.2) is 0 Å². The number of hydrogen-bond acceptors (Lipinski definition) is 3. The summed E-state index contributed by atoms with van der Waals surface area (Å²) >= 11 is 0. The molecule has 0 aromatic heterocycles. The Balaban J connectivity index is 1.81. The molecule has 0 unspecified atom stereocenters. The van der Waals surface area contributed by atoms with Crippen LogP contribution in [0.15, 0.2) is 24.0 Å². The van der Waals surface area contributed by atoms with Crippen LogP contribution in [-0.2, 0) is 0 Å². The fraction of sp³-hybridized carbons (Fsp3) is 0.692. The summed E-state index contributed by atoms with van der Waals surface area (Å²) in [5.41, 5.74) is 8.39. The molecule has 0 aromatic carbocycles. The first-order chi connectivity index (χ1) is 7.65. The Morgan fingerprint density at radius 1 is 1.50 bits per heavy atom. The van der Waals surface area contributed by atoms with Gasteiger partial charge in [0, 0.05) is 19.3 Å². The lowest BCUT2D eigenvalue weighted by atomic mass is 9.82. The minimum absolute atomic E-state index is 0.444. The maximum Gasteiger partial charge on any atom is 0.0869 e. The number of hydrogen-bond donors (Lipinski definition) is 2. The Labute approximate surface area is 98.4 Å². The summed E-state index contributed by atoms with van der Waals surface area (Å²) < 4.78 is 0. The van der Waals surface area contributed by atoms with Crippen molar-refractivity contribution in [3.8, 4) is 0 Å². The largest absolute Gasteiger partial charge is 0.366 e. The molecule has 1 aliphatic heterocycles. The molecule has 1 saturated carbocycles. The first-order valence-corrected chi connectivity index (χ1v) is 6.25. The van der Waals surface area contributed by atoms with Gasteiger partial charge in [-0.2, -0.15) is 0 Å². The second kappa shape index (κ2) is 4.91. The predicted octanol–water partition coefficient (Wildman–Crippen LogP) is 1.78. The van der Waals surface area contributed by atoms with Gasteiger partial charge in [0.1, 0.15) is 0 Å². The van der Waals surface area contributed by atoms with Crippen molar-refractivity contribution in [2.24, 2.45) is 11.7 Å². The highest BCUT2D eigenvalue weighted by molar-refractivity contribution is 5.28. The van der Waals surface area contributed by atoms with Gasteiger partial charge in [0.25, 0.3) is 0 Å². The average Bonchev–Trinajstić information content (AvgIpc) is 2.68. The van der Waals surface area contributed by atoms with Crippen molar-refractivity contribution in [3.63, 3.8) is 0 Å². The van der Waals surface area contributed by atoms with Crippen LogP contribution in [0.5, 0.6) is 0 Å². The summed E-state index contributed by atoms with van der Waals surface area (Å²) in [5.74, 6) is 0.793. The third-order valence-electron chi connectivity index (χ3n) is 3.68. The summed E-state index contributed by atoms with van der Waals surface area (Å²) in [5, 5.41) is 3.37.